The van der Waals surface area contributed by atoms with Crippen LogP contribution >= 0.6 is 0 Å². The minimum Gasteiger partial charge on any atom is -0.461 e. The highest BCUT2D eigenvalue weighted by Crippen LogP contribution is 2.43. The first-order valence-corrected chi connectivity index (χ1v) is 24.0. The molecule has 1 amide bonds. The number of carbonyl (C=O) groups is 1. The molecule has 0 N–H and O–H groups in total. The third kappa shape index (κ3) is 8.05. The lowest BCUT2D eigenvalue weighted by Crippen LogP contribution is -2.56. The molecule has 3 saturated heterocycles. The maximum atomic E-state index is 17.6. The minimum atomic E-state index is -2.24. The van der Waals surface area contributed by atoms with Crippen molar-refractivity contribution in [1.29, 1.82) is 5.26 Å². The van der Waals surface area contributed by atoms with Crippen LogP contribution in [0.25, 0.3) is 32.8 Å². The van der Waals surface area contributed by atoms with Gasteiger partial charge in [0.15, 0.2) is 5.82 Å². The molecule has 1 aromatic heterocycles. The van der Waals surface area contributed by atoms with E-state index >= 15 is 8.78 Å². The molecule has 3 aliphatic heterocycles. The Labute approximate surface area is 355 Å². The lowest BCUT2D eigenvalue weighted by atomic mass is 9.93. The summed E-state index contributed by atoms with van der Waals surface area (Å²) in [6, 6.07) is 14.1. The van der Waals surface area contributed by atoms with Crippen LogP contribution in [0.4, 0.5) is 19.4 Å². The van der Waals surface area contributed by atoms with Gasteiger partial charge in [0.25, 0.3) is 0 Å². The standard InChI is InChI=1S/C48H60F2N6O3Si/c1-31(2)60(32(3)4,33(5)6)28-20-38-40(49)18-15-34-13-10-14-36(41(34)38)37-16-17-39-43(42(37)50)52-45(58-30-48-21-11-24-55(48)25-12-22-48)53-44(39)54-26-27-56(35(29-54)19-23-51)46(57)59-47(7,8)9/h10,13-18,31-33,35H,11-12,19,21-22,24-27,29-30H2,1-9H3/t35-/m0/s1. The number of halogens is 2. The van der Waals surface area contributed by atoms with Crippen LogP contribution in [0.3, 0.4) is 0 Å². The zero-order valence-corrected chi connectivity index (χ0v) is 37.8. The largest absolute Gasteiger partial charge is 0.461 e. The molecular formula is C48H60F2N6O3Si. The van der Waals surface area contributed by atoms with Gasteiger partial charge >= 0.3 is 12.1 Å². The van der Waals surface area contributed by atoms with E-state index in [1.54, 1.807) is 17.0 Å². The van der Waals surface area contributed by atoms with Crippen LogP contribution in [0.1, 0.15) is 100.0 Å². The number of hydrogen-bond acceptors (Lipinski definition) is 8. The highest BCUT2D eigenvalue weighted by Gasteiger charge is 2.45. The second-order valence-electron chi connectivity index (χ2n) is 19.0. The molecule has 9 nitrogen and oxygen atoms in total. The van der Waals surface area contributed by atoms with Gasteiger partial charge < -0.3 is 19.3 Å². The van der Waals surface area contributed by atoms with E-state index in [0.29, 0.717) is 51.9 Å². The van der Waals surface area contributed by atoms with E-state index in [1.807, 2.05) is 49.9 Å². The smallest absolute Gasteiger partial charge is 0.410 e. The number of piperazine rings is 1. The van der Waals surface area contributed by atoms with Crippen LogP contribution in [-0.4, -0.2) is 90.4 Å². The van der Waals surface area contributed by atoms with Gasteiger partial charge in [-0.2, -0.15) is 15.2 Å². The van der Waals surface area contributed by atoms with Crippen LogP contribution in [-0.2, 0) is 4.74 Å². The summed E-state index contributed by atoms with van der Waals surface area (Å²) in [4.78, 5) is 29.1. The maximum absolute atomic E-state index is 17.6. The number of hydrogen-bond donors (Lipinski definition) is 0. The first kappa shape index (κ1) is 43.3. The summed E-state index contributed by atoms with van der Waals surface area (Å²) < 4.78 is 45.9. The first-order chi connectivity index (χ1) is 28.5. The van der Waals surface area contributed by atoms with Gasteiger partial charge in [0.1, 0.15) is 37.4 Å². The molecule has 0 spiro atoms. The number of fused-ring (bicyclic) bond motifs is 3. The molecule has 12 heteroatoms. The average Bonchev–Trinajstić information content (AvgIpc) is 3.78. The first-order valence-electron chi connectivity index (χ1n) is 21.7. The molecular weight excluding hydrogens is 775 g/mol. The van der Waals surface area contributed by atoms with Crippen LogP contribution in [0.2, 0.25) is 16.6 Å². The molecule has 3 aromatic carbocycles. The number of aromatic nitrogens is 2. The second kappa shape index (κ2) is 16.9. The maximum Gasteiger partial charge on any atom is 0.410 e. The number of benzene rings is 3. The van der Waals surface area contributed by atoms with Gasteiger partial charge in [0, 0.05) is 36.0 Å². The molecule has 0 saturated carbocycles. The summed E-state index contributed by atoms with van der Waals surface area (Å²) in [5.41, 5.74) is 5.11. The molecule has 0 aliphatic carbocycles. The van der Waals surface area contributed by atoms with Crippen molar-refractivity contribution in [3.05, 3.63) is 59.7 Å². The van der Waals surface area contributed by atoms with Crippen LogP contribution in [0.5, 0.6) is 6.01 Å². The SMILES string of the molecule is CC(C)[Si](C#Cc1c(F)ccc2cccc(-c3ccc4c(N5CCN(C(=O)OC(C)(C)C)[C@@H](CC#N)C5)nc(OCC56CCCN5CCC6)nc4c3F)c12)(C(C)C)C(C)C. The molecule has 0 radical (unpaired) electrons. The van der Waals surface area contributed by atoms with E-state index in [1.165, 1.54) is 6.07 Å². The van der Waals surface area contributed by atoms with E-state index in [-0.39, 0.29) is 47.7 Å². The monoisotopic (exact) mass is 834 g/mol. The van der Waals surface area contributed by atoms with Crippen molar-refractivity contribution in [2.45, 2.75) is 128 Å². The molecule has 3 aliphatic rings. The molecule has 318 valence electrons. The Morgan fingerprint density at radius 2 is 1.63 bits per heavy atom. The normalized spacial score (nSPS) is 18.3. The highest BCUT2D eigenvalue weighted by atomic mass is 28.3. The lowest BCUT2D eigenvalue weighted by Gasteiger charge is -2.41. The fraction of sp³-hybridized carbons (Fsp3) is 0.542. The van der Waals surface area contributed by atoms with E-state index in [0.717, 1.165) is 44.2 Å². The molecule has 0 bridgehead atoms. The topological polar surface area (TPSA) is 94.8 Å². The van der Waals surface area contributed by atoms with Gasteiger partial charge in [-0.1, -0.05) is 77.8 Å². The Morgan fingerprint density at radius 3 is 2.28 bits per heavy atom. The van der Waals surface area contributed by atoms with Gasteiger partial charge in [-0.3, -0.25) is 4.90 Å². The summed E-state index contributed by atoms with van der Waals surface area (Å²) in [6.07, 6.45) is 3.84. The average molecular weight is 835 g/mol. The lowest BCUT2D eigenvalue weighted by molar-refractivity contribution is 0.0145. The molecule has 60 heavy (non-hydrogen) atoms. The Kier molecular flexibility index (Phi) is 12.2. The summed E-state index contributed by atoms with van der Waals surface area (Å²) in [6.45, 7) is 22.2. The van der Waals surface area contributed by atoms with E-state index in [9.17, 15) is 10.1 Å². The van der Waals surface area contributed by atoms with Gasteiger partial charge in [0.05, 0.1) is 29.6 Å². The van der Waals surface area contributed by atoms with Crippen molar-refractivity contribution in [2.75, 3.05) is 44.2 Å². The predicted octanol–water partition coefficient (Wildman–Crippen LogP) is 10.6. The molecule has 3 fully saturated rings. The zero-order chi connectivity index (χ0) is 43.1. The van der Waals surface area contributed by atoms with E-state index in [4.69, 9.17) is 19.4 Å². The van der Waals surface area contributed by atoms with Crippen molar-refractivity contribution < 1.29 is 23.0 Å². The van der Waals surface area contributed by atoms with Gasteiger partial charge in [-0.25, -0.2) is 13.6 Å². The highest BCUT2D eigenvalue weighted by molar-refractivity contribution is 6.90. The summed E-state index contributed by atoms with van der Waals surface area (Å²) in [5.74, 6) is 2.82. The fourth-order valence-corrected chi connectivity index (χ4v) is 15.7. The number of ether oxygens (including phenoxy) is 2. The number of carbonyl (C=O) groups excluding carboxylic acids is 1. The Balaban J connectivity index is 1.36. The van der Waals surface area contributed by atoms with Crippen molar-refractivity contribution in [2.24, 2.45) is 0 Å². The summed E-state index contributed by atoms with van der Waals surface area (Å²) in [7, 11) is -2.24. The molecule has 1 atom stereocenters. The van der Waals surface area contributed by atoms with Crippen molar-refractivity contribution >= 4 is 41.7 Å². The van der Waals surface area contributed by atoms with Gasteiger partial charge in [-0.05, 0) is 99.2 Å². The summed E-state index contributed by atoms with van der Waals surface area (Å²) >= 11 is 0. The Bertz CT molecular complexity index is 2350. The Morgan fingerprint density at radius 1 is 0.933 bits per heavy atom. The van der Waals surface area contributed by atoms with Crippen LogP contribution in [0, 0.1) is 34.4 Å². The zero-order valence-electron chi connectivity index (χ0n) is 36.8. The molecule has 0 unspecified atom stereocenters. The van der Waals surface area contributed by atoms with Crippen LogP contribution in [0.15, 0.2) is 42.5 Å². The second-order valence-corrected chi connectivity index (χ2v) is 24.5. The predicted molar refractivity (Wildman–Crippen MR) is 238 cm³/mol. The molecule has 4 aromatic rings. The number of nitriles is 1. The van der Waals surface area contributed by atoms with E-state index in [2.05, 4.69) is 64.0 Å². The van der Waals surface area contributed by atoms with Gasteiger partial charge in [0.2, 0.25) is 0 Å². The fourth-order valence-electron chi connectivity index (χ4n) is 10.5. The van der Waals surface area contributed by atoms with Crippen molar-refractivity contribution in [3.63, 3.8) is 0 Å². The van der Waals surface area contributed by atoms with E-state index < -0.39 is 37.4 Å². The summed E-state index contributed by atoms with van der Waals surface area (Å²) in [5, 5.41) is 11.6. The molecule has 7 rings (SSSR count). The number of nitrogens with zero attached hydrogens (tertiary/aromatic N) is 6. The molecule has 4 heterocycles. The number of amides is 1. The third-order valence-corrected chi connectivity index (χ3v) is 19.6. The number of anilines is 1. The number of rotatable bonds is 9. The van der Waals surface area contributed by atoms with Crippen LogP contribution < -0.4 is 9.64 Å². The Hall–Kier alpha value is -4.78. The minimum absolute atomic E-state index is 0.0703. The van der Waals surface area contributed by atoms with Gasteiger partial charge in [-0.15, -0.1) is 5.54 Å². The van der Waals surface area contributed by atoms with Crippen molar-refractivity contribution in [3.8, 4) is 34.7 Å². The quantitative estimate of drug-likeness (QED) is 0.122. The third-order valence-electron chi connectivity index (χ3n) is 13.3. The van der Waals surface area contributed by atoms with Crippen molar-refractivity contribution in [1.82, 2.24) is 19.8 Å².